The van der Waals surface area contributed by atoms with E-state index in [0.29, 0.717) is 0 Å². The molecule has 0 aromatic heterocycles. The molecule has 0 saturated heterocycles. The van der Waals surface area contributed by atoms with Crippen LogP contribution in [0.5, 0.6) is 0 Å². The highest BCUT2D eigenvalue weighted by molar-refractivity contribution is 5.85. The van der Waals surface area contributed by atoms with Crippen molar-refractivity contribution in [3.63, 3.8) is 0 Å². The Hall–Kier alpha value is -2.35. The van der Waals surface area contributed by atoms with Gasteiger partial charge in [0, 0.05) is 5.70 Å². The van der Waals surface area contributed by atoms with E-state index in [-0.39, 0.29) is 12.1 Å². The van der Waals surface area contributed by atoms with E-state index in [1.54, 1.807) is 0 Å². The Morgan fingerprint density at radius 3 is 2.11 bits per heavy atom. The van der Waals surface area contributed by atoms with Crippen LogP contribution in [0.15, 0.2) is 23.9 Å². The molecule has 0 bridgehead atoms. The van der Waals surface area contributed by atoms with E-state index in [1.165, 1.54) is 18.2 Å². The molecule has 8 nitrogen and oxygen atoms in total. The third-order valence-electron chi connectivity index (χ3n) is 2.73. The van der Waals surface area contributed by atoms with E-state index in [2.05, 4.69) is 0 Å². The third-order valence-corrected chi connectivity index (χ3v) is 2.73. The number of hydrogen-bond donors (Lipinski definition) is 4. The van der Waals surface area contributed by atoms with Gasteiger partial charge in [0.1, 0.15) is 5.54 Å². The van der Waals surface area contributed by atoms with Gasteiger partial charge in [-0.1, -0.05) is 6.08 Å². The van der Waals surface area contributed by atoms with E-state index in [9.17, 15) is 19.5 Å². The molecule has 0 aromatic rings. The van der Waals surface area contributed by atoms with Crippen molar-refractivity contribution >= 4 is 17.9 Å². The molecule has 8 heteroatoms. The monoisotopic (exact) mass is 270 g/mol. The van der Waals surface area contributed by atoms with Crippen LogP contribution in [0.3, 0.4) is 0 Å². The number of rotatable bonds is 6. The summed E-state index contributed by atoms with van der Waals surface area (Å²) in [5.74, 6) is -3.98. The summed E-state index contributed by atoms with van der Waals surface area (Å²) in [6.07, 6.45) is 4.08. The van der Waals surface area contributed by atoms with Crippen molar-refractivity contribution in [2.24, 2.45) is 5.73 Å². The Labute approximate surface area is 108 Å². The van der Waals surface area contributed by atoms with Crippen molar-refractivity contribution in [2.45, 2.75) is 12.0 Å². The summed E-state index contributed by atoms with van der Waals surface area (Å²) >= 11 is 0. The summed E-state index contributed by atoms with van der Waals surface area (Å²) in [5, 5.41) is 26.9. The SMILES string of the molecule is NC1=CC(C(=O)O)(N(CC(=O)O)CC(=O)O)CC=C1. The molecular weight excluding hydrogens is 256 g/mol. The van der Waals surface area contributed by atoms with Crippen LogP contribution in [0.25, 0.3) is 0 Å². The molecule has 1 aliphatic carbocycles. The van der Waals surface area contributed by atoms with E-state index in [0.717, 1.165) is 4.90 Å². The fraction of sp³-hybridized carbons (Fsp3) is 0.364. The number of nitrogens with zero attached hydrogens (tertiary/aromatic N) is 1. The maximum absolute atomic E-state index is 11.5. The molecule has 0 spiro atoms. The van der Waals surface area contributed by atoms with Crippen LogP contribution in [-0.4, -0.2) is 56.8 Å². The zero-order chi connectivity index (χ0) is 14.6. The summed E-state index contributed by atoms with van der Waals surface area (Å²) in [5.41, 5.74) is 3.93. The molecule has 1 atom stereocenters. The van der Waals surface area contributed by atoms with Crippen molar-refractivity contribution in [2.75, 3.05) is 13.1 Å². The van der Waals surface area contributed by atoms with Crippen molar-refractivity contribution in [1.82, 2.24) is 4.90 Å². The van der Waals surface area contributed by atoms with Gasteiger partial charge in [-0.3, -0.25) is 14.5 Å². The average molecular weight is 270 g/mol. The fourth-order valence-corrected chi connectivity index (χ4v) is 1.93. The summed E-state index contributed by atoms with van der Waals surface area (Å²) in [7, 11) is 0. The number of nitrogens with two attached hydrogens (primary N) is 1. The Morgan fingerprint density at radius 2 is 1.74 bits per heavy atom. The largest absolute Gasteiger partial charge is 0.480 e. The second kappa shape index (κ2) is 5.53. The third kappa shape index (κ3) is 3.32. The smallest absolute Gasteiger partial charge is 0.328 e. The topological polar surface area (TPSA) is 141 Å². The van der Waals surface area contributed by atoms with Gasteiger partial charge < -0.3 is 21.1 Å². The summed E-state index contributed by atoms with van der Waals surface area (Å²) in [6.45, 7) is -1.42. The highest BCUT2D eigenvalue weighted by Crippen LogP contribution is 2.27. The zero-order valence-electron chi connectivity index (χ0n) is 9.94. The second-order valence-electron chi connectivity index (χ2n) is 4.12. The van der Waals surface area contributed by atoms with Gasteiger partial charge in [-0.2, -0.15) is 0 Å². The van der Waals surface area contributed by atoms with E-state index in [4.69, 9.17) is 15.9 Å². The van der Waals surface area contributed by atoms with Crippen molar-refractivity contribution < 1.29 is 29.7 Å². The van der Waals surface area contributed by atoms with E-state index >= 15 is 0 Å². The number of hydrogen-bond acceptors (Lipinski definition) is 5. The standard InChI is InChI=1S/C11H14N2O6/c12-7-2-1-3-11(4-7,10(18)19)13(5-8(14)15)6-9(16)17/h1-2,4H,3,5-6,12H2,(H,14,15)(H,16,17)(H,18,19). The second-order valence-corrected chi connectivity index (χ2v) is 4.12. The molecule has 0 aromatic carbocycles. The van der Waals surface area contributed by atoms with Gasteiger partial charge in [-0.25, -0.2) is 4.79 Å². The van der Waals surface area contributed by atoms with Gasteiger partial charge >= 0.3 is 17.9 Å². The minimum Gasteiger partial charge on any atom is -0.480 e. The zero-order valence-corrected chi connectivity index (χ0v) is 9.94. The van der Waals surface area contributed by atoms with Crippen LogP contribution < -0.4 is 5.73 Å². The van der Waals surface area contributed by atoms with Gasteiger partial charge in [0.25, 0.3) is 0 Å². The first-order valence-electron chi connectivity index (χ1n) is 5.35. The molecule has 1 unspecified atom stereocenters. The number of allylic oxidation sites excluding steroid dienone is 1. The molecule has 0 amide bonds. The molecule has 104 valence electrons. The first-order valence-corrected chi connectivity index (χ1v) is 5.35. The first kappa shape index (κ1) is 14.7. The van der Waals surface area contributed by atoms with Gasteiger partial charge in [0.15, 0.2) is 0 Å². The Kier molecular flexibility index (Phi) is 4.28. The molecule has 0 radical (unpaired) electrons. The number of carboxylic acids is 3. The van der Waals surface area contributed by atoms with Crippen LogP contribution in [0.2, 0.25) is 0 Å². The van der Waals surface area contributed by atoms with Crippen molar-refractivity contribution in [3.8, 4) is 0 Å². The lowest BCUT2D eigenvalue weighted by atomic mass is 9.88. The predicted molar refractivity (Wildman–Crippen MR) is 63.2 cm³/mol. The Balaban J connectivity index is 3.19. The molecule has 0 heterocycles. The van der Waals surface area contributed by atoms with Crippen LogP contribution in [-0.2, 0) is 14.4 Å². The van der Waals surface area contributed by atoms with Crippen LogP contribution in [0.1, 0.15) is 6.42 Å². The number of carboxylic acid groups (broad SMARTS) is 3. The molecule has 0 aliphatic heterocycles. The highest BCUT2D eigenvalue weighted by atomic mass is 16.4. The molecule has 5 N–H and O–H groups in total. The van der Waals surface area contributed by atoms with E-state index < -0.39 is 36.5 Å². The fourth-order valence-electron chi connectivity index (χ4n) is 1.93. The summed E-state index contributed by atoms with van der Waals surface area (Å²) in [6, 6.07) is 0. The molecule has 19 heavy (non-hydrogen) atoms. The molecule has 0 fully saturated rings. The number of aliphatic carboxylic acids is 3. The molecular formula is C11H14N2O6. The number of carbonyl (C=O) groups is 3. The maximum atomic E-state index is 11.5. The van der Waals surface area contributed by atoms with E-state index in [1.807, 2.05) is 0 Å². The lowest BCUT2D eigenvalue weighted by molar-refractivity contribution is -0.154. The first-order chi connectivity index (χ1) is 8.78. The highest BCUT2D eigenvalue weighted by Gasteiger charge is 2.44. The average Bonchev–Trinajstić information content (AvgIpc) is 2.26. The minimum absolute atomic E-state index is 0.0520. The Morgan fingerprint density at radius 1 is 1.21 bits per heavy atom. The van der Waals surface area contributed by atoms with Gasteiger partial charge in [-0.05, 0) is 18.6 Å². The lowest BCUT2D eigenvalue weighted by Crippen LogP contribution is -2.57. The minimum atomic E-state index is -1.75. The molecule has 1 rings (SSSR count). The summed E-state index contributed by atoms with van der Waals surface area (Å²) < 4.78 is 0. The van der Waals surface area contributed by atoms with Gasteiger partial charge in [-0.15, -0.1) is 0 Å². The van der Waals surface area contributed by atoms with Crippen molar-refractivity contribution in [1.29, 1.82) is 0 Å². The van der Waals surface area contributed by atoms with Crippen molar-refractivity contribution in [3.05, 3.63) is 23.9 Å². The quantitative estimate of drug-likeness (QED) is 0.485. The normalized spacial score (nSPS) is 22.1. The molecule has 1 aliphatic rings. The van der Waals surface area contributed by atoms with Crippen LogP contribution >= 0.6 is 0 Å². The summed E-state index contributed by atoms with van der Waals surface area (Å²) in [4.78, 5) is 33.9. The molecule has 0 saturated carbocycles. The predicted octanol–water partition coefficient (Wildman–Crippen LogP) is -0.916. The van der Waals surface area contributed by atoms with Gasteiger partial charge in [0.05, 0.1) is 13.1 Å². The van der Waals surface area contributed by atoms with Crippen LogP contribution in [0, 0.1) is 0 Å². The lowest BCUT2D eigenvalue weighted by Gasteiger charge is -2.37. The Bertz CT molecular complexity index is 454. The maximum Gasteiger partial charge on any atom is 0.328 e. The van der Waals surface area contributed by atoms with Crippen LogP contribution in [0.4, 0.5) is 0 Å². The van der Waals surface area contributed by atoms with Gasteiger partial charge in [0.2, 0.25) is 0 Å².